The molecule has 72 valence electrons. The molecule has 1 heterocycles. The highest BCUT2D eigenvalue weighted by molar-refractivity contribution is 4.94. The zero-order chi connectivity index (χ0) is 9.31. The van der Waals surface area contributed by atoms with Crippen molar-refractivity contribution in [3.8, 4) is 0 Å². The van der Waals surface area contributed by atoms with Crippen molar-refractivity contribution in [3.05, 3.63) is 18.7 Å². The van der Waals surface area contributed by atoms with Crippen molar-refractivity contribution < 1.29 is 0 Å². The molecule has 0 radical (unpaired) electrons. The molecule has 2 rings (SSSR count). The number of rotatable bonds is 4. The summed E-state index contributed by atoms with van der Waals surface area (Å²) in [6.45, 7) is 5.80. The summed E-state index contributed by atoms with van der Waals surface area (Å²) in [4.78, 5) is 4.08. The van der Waals surface area contributed by atoms with Gasteiger partial charge in [0.15, 0.2) is 0 Å². The van der Waals surface area contributed by atoms with Crippen molar-refractivity contribution in [2.45, 2.75) is 39.7 Å². The Morgan fingerprint density at radius 3 is 2.69 bits per heavy atom. The van der Waals surface area contributed by atoms with Crippen molar-refractivity contribution in [3.63, 3.8) is 0 Å². The molecular formula is C11H18N2. The lowest BCUT2D eigenvalue weighted by Gasteiger charge is -2.17. The predicted molar refractivity (Wildman–Crippen MR) is 53.3 cm³/mol. The Morgan fingerprint density at radius 1 is 1.46 bits per heavy atom. The van der Waals surface area contributed by atoms with Gasteiger partial charge in [-0.05, 0) is 30.6 Å². The van der Waals surface area contributed by atoms with E-state index in [4.69, 9.17) is 0 Å². The van der Waals surface area contributed by atoms with E-state index in [-0.39, 0.29) is 0 Å². The summed E-state index contributed by atoms with van der Waals surface area (Å²) in [6.07, 6.45) is 10.0. The van der Waals surface area contributed by atoms with E-state index in [9.17, 15) is 0 Å². The first-order valence-corrected chi connectivity index (χ1v) is 5.16. The van der Waals surface area contributed by atoms with E-state index in [0.29, 0.717) is 5.41 Å². The Bertz CT molecular complexity index is 258. The summed E-state index contributed by atoms with van der Waals surface area (Å²) in [5.74, 6) is 0.825. The van der Waals surface area contributed by atoms with Crippen LogP contribution in [0.1, 0.15) is 33.1 Å². The molecular weight excluding hydrogens is 160 g/mol. The topological polar surface area (TPSA) is 17.8 Å². The monoisotopic (exact) mass is 178 g/mol. The van der Waals surface area contributed by atoms with Crippen LogP contribution in [0.5, 0.6) is 0 Å². The average molecular weight is 178 g/mol. The molecule has 1 fully saturated rings. The molecule has 0 spiro atoms. The Balaban J connectivity index is 1.94. The van der Waals surface area contributed by atoms with Gasteiger partial charge in [0.05, 0.1) is 6.33 Å². The normalized spacial score (nSPS) is 19.3. The highest BCUT2D eigenvalue weighted by Gasteiger charge is 2.42. The lowest BCUT2D eigenvalue weighted by molar-refractivity contribution is 0.339. The molecule has 1 aliphatic carbocycles. The Kier molecular flexibility index (Phi) is 2.14. The van der Waals surface area contributed by atoms with Crippen LogP contribution in [0.4, 0.5) is 0 Å². The molecule has 0 aromatic carbocycles. The maximum absolute atomic E-state index is 4.08. The van der Waals surface area contributed by atoms with Gasteiger partial charge >= 0.3 is 0 Å². The van der Waals surface area contributed by atoms with Crippen LogP contribution in [0.15, 0.2) is 18.7 Å². The second-order valence-corrected chi connectivity index (χ2v) is 4.83. The second-order valence-electron chi connectivity index (χ2n) is 4.83. The van der Waals surface area contributed by atoms with Crippen LogP contribution in [0.2, 0.25) is 0 Å². The maximum Gasteiger partial charge on any atom is 0.0946 e. The van der Waals surface area contributed by atoms with Crippen molar-refractivity contribution in [2.75, 3.05) is 0 Å². The molecule has 0 amide bonds. The van der Waals surface area contributed by atoms with Crippen molar-refractivity contribution >= 4 is 0 Å². The zero-order valence-electron chi connectivity index (χ0n) is 8.53. The van der Waals surface area contributed by atoms with Crippen LogP contribution < -0.4 is 0 Å². The maximum atomic E-state index is 4.08. The van der Waals surface area contributed by atoms with Gasteiger partial charge in [0.1, 0.15) is 0 Å². The van der Waals surface area contributed by atoms with Crippen LogP contribution >= 0.6 is 0 Å². The molecule has 2 heteroatoms. The van der Waals surface area contributed by atoms with Gasteiger partial charge in [-0.2, -0.15) is 0 Å². The molecule has 2 nitrogen and oxygen atoms in total. The minimum Gasteiger partial charge on any atom is -0.337 e. The van der Waals surface area contributed by atoms with E-state index in [1.807, 2.05) is 12.5 Å². The summed E-state index contributed by atoms with van der Waals surface area (Å²) < 4.78 is 2.22. The first-order valence-electron chi connectivity index (χ1n) is 5.16. The fraction of sp³-hybridized carbons (Fsp3) is 0.727. The third-order valence-corrected chi connectivity index (χ3v) is 2.88. The van der Waals surface area contributed by atoms with E-state index in [1.54, 1.807) is 0 Å². The van der Waals surface area contributed by atoms with Crippen LogP contribution in [-0.2, 0) is 6.54 Å². The summed E-state index contributed by atoms with van der Waals surface area (Å²) in [5, 5.41) is 0. The van der Waals surface area contributed by atoms with Gasteiger partial charge in [0.25, 0.3) is 0 Å². The first-order chi connectivity index (χ1) is 6.20. The van der Waals surface area contributed by atoms with Gasteiger partial charge < -0.3 is 4.57 Å². The van der Waals surface area contributed by atoms with E-state index in [0.717, 1.165) is 5.92 Å². The second kappa shape index (κ2) is 3.17. The Hall–Kier alpha value is -0.790. The molecule has 1 aromatic heterocycles. The molecule has 1 saturated carbocycles. The molecule has 1 aliphatic rings. The number of aromatic nitrogens is 2. The van der Waals surface area contributed by atoms with E-state index < -0.39 is 0 Å². The van der Waals surface area contributed by atoms with Gasteiger partial charge in [-0.3, -0.25) is 0 Å². The average Bonchev–Trinajstić information content (AvgIpc) is 2.61. The van der Waals surface area contributed by atoms with Gasteiger partial charge in [0, 0.05) is 18.9 Å². The predicted octanol–water partition coefficient (Wildman–Crippen LogP) is 2.71. The van der Waals surface area contributed by atoms with Crippen LogP contribution in [0.25, 0.3) is 0 Å². The van der Waals surface area contributed by atoms with Crippen LogP contribution in [-0.4, -0.2) is 9.55 Å². The van der Waals surface area contributed by atoms with Crippen LogP contribution in [0, 0.1) is 11.3 Å². The fourth-order valence-electron chi connectivity index (χ4n) is 2.24. The third-order valence-electron chi connectivity index (χ3n) is 2.88. The standard InChI is InChI=1S/C11H18N2/c1-10(2)7-11(3-4-11)8-13-6-5-12-9-13/h5-6,9-10H,3-4,7-8H2,1-2H3. The quantitative estimate of drug-likeness (QED) is 0.693. The van der Waals surface area contributed by atoms with Gasteiger partial charge in [-0.25, -0.2) is 4.98 Å². The molecule has 0 N–H and O–H groups in total. The SMILES string of the molecule is CC(C)CC1(Cn2ccnc2)CC1. The van der Waals surface area contributed by atoms with Crippen molar-refractivity contribution in [1.82, 2.24) is 9.55 Å². The van der Waals surface area contributed by atoms with Crippen molar-refractivity contribution in [2.24, 2.45) is 11.3 Å². The Morgan fingerprint density at radius 2 is 2.23 bits per heavy atom. The number of hydrogen-bond donors (Lipinski definition) is 0. The molecule has 0 saturated heterocycles. The molecule has 13 heavy (non-hydrogen) atoms. The van der Waals surface area contributed by atoms with E-state index in [2.05, 4.69) is 29.6 Å². The van der Waals surface area contributed by atoms with Crippen LogP contribution in [0.3, 0.4) is 0 Å². The van der Waals surface area contributed by atoms with Gasteiger partial charge in [0.2, 0.25) is 0 Å². The number of imidazole rings is 1. The molecule has 1 aromatic rings. The summed E-state index contributed by atoms with van der Waals surface area (Å²) >= 11 is 0. The first kappa shape index (κ1) is 8.79. The largest absolute Gasteiger partial charge is 0.337 e. The fourth-order valence-corrected chi connectivity index (χ4v) is 2.24. The number of nitrogens with zero attached hydrogens (tertiary/aromatic N) is 2. The molecule has 0 aliphatic heterocycles. The van der Waals surface area contributed by atoms with Gasteiger partial charge in [-0.1, -0.05) is 13.8 Å². The summed E-state index contributed by atoms with van der Waals surface area (Å²) in [7, 11) is 0. The Labute approximate surface area is 80.0 Å². The minimum absolute atomic E-state index is 0.620. The zero-order valence-corrected chi connectivity index (χ0v) is 8.53. The minimum atomic E-state index is 0.620. The van der Waals surface area contributed by atoms with E-state index >= 15 is 0 Å². The summed E-state index contributed by atoms with van der Waals surface area (Å²) in [5.41, 5.74) is 0.620. The lowest BCUT2D eigenvalue weighted by atomic mass is 9.94. The smallest absolute Gasteiger partial charge is 0.0946 e. The lowest BCUT2D eigenvalue weighted by Crippen LogP contribution is -2.12. The third kappa shape index (κ3) is 2.11. The number of hydrogen-bond acceptors (Lipinski definition) is 1. The van der Waals surface area contributed by atoms with Crippen molar-refractivity contribution in [1.29, 1.82) is 0 Å². The molecule has 0 unspecified atom stereocenters. The highest BCUT2D eigenvalue weighted by atomic mass is 15.0. The molecule has 0 bridgehead atoms. The van der Waals surface area contributed by atoms with Gasteiger partial charge in [-0.15, -0.1) is 0 Å². The van der Waals surface area contributed by atoms with E-state index in [1.165, 1.54) is 25.8 Å². The highest BCUT2D eigenvalue weighted by Crippen LogP contribution is 2.51. The molecule has 0 atom stereocenters. The summed E-state index contributed by atoms with van der Waals surface area (Å²) in [6, 6.07) is 0.